The third kappa shape index (κ3) is 6.43. The summed E-state index contributed by atoms with van der Waals surface area (Å²) in [6.45, 7) is 5.90. The molecule has 0 aromatic carbocycles. The summed E-state index contributed by atoms with van der Waals surface area (Å²) in [4.78, 5) is 13.1. The second-order valence-electron chi connectivity index (χ2n) is 3.36. The molecule has 0 bridgehead atoms. The average molecular weight is 186 g/mol. The van der Waals surface area contributed by atoms with Crippen LogP contribution in [-0.2, 0) is 0 Å². The first kappa shape index (κ1) is 12.3. The van der Waals surface area contributed by atoms with Gasteiger partial charge in [-0.25, -0.2) is 4.79 Å². The van der Waals surface area contributed by atoms with Gasteiger partial charge in [0.15, 0.2) is 0 Å². The highest BCUT2D eigenvalue weighted by Gasteiger charge is 2.05. The van der Waals surface area contributed by atoms with Crippen molar-refractivity contribution in [2.45, 2.75) is 39.5 Å². The first-order chi connectivity index (χ1) is 6.22. The molecule has 3 nitrogen and oxygen atoms in total. The molecule has 0 saturated carbocycles. The van der Waals surface area contributed by atoms with Crippen molar-refractivity contribution >= 4 is 6.03 Å². The highest BCUT2D eigenvalue weighted by atomic mass is 16.2. The van der Waals surface area contributed by atoms with E-state index >= 15 is 0 Å². The zero-order valence-electron chi connectivity index (χ0n) is 9.10. The van der Waals surface area contributed by atoms with Gasteiger partial charge in [0.1, 0.15) is 0 Å². The standard InChI is InChI=1S/C10H22N2O/c1-4-6-8-11-10(13)12(3)9-7-5-2/h4-9H2,1-3H3,(H,11,13). The predicted molar refractivity (Wildman–Crippen MR) is 55.8 cm³/mol. The van der Waals surface area contributed by atoms with Crippen LogP contribution < -0.4 is 5.32 Å². The minimum absolute atomic E-state index is 0.0573. The second kappa shape index (κ2) is 7.90. The summed E-state index contributed by atoms with van der Waals surface area (Å²) in [5, 5.41) is 2.88. The van der Waals surface area contributed by atoms with Crippen LogP contribution in [-0.4, -0.2) is 31.1 Å². The van der Waals surface area contributed by atoms with Crippen molar-refractivity contribution in [3.63, 3.8) is 0 Å². The van der Waals surface area contributed by atoms with Crippen LogP contribution in [0.4, 0.5) is 4.79 Å². The molecule has 13 heavy (non-hydrogen) atoms. The van der Waals surface area contributed by atoms with Crippen molar-refractivity contribution in [1.82, 2.24) is 10.2 Å². The number of amides is 2. The third-order valence-corrected chi connectivity index (χ3v) is 2.00. The van der Waals surface area contributed by atoms with E-state index in [2.05, 4.69) is 19.2 Å². The summed E-state index contributed by atoms with van der Waals surface area (Å²) in [5.74, 6) is 0. The SMILES string of the molecule is CCCCNC(=O)N(C)CCCC. The third-order valence-electron chi connectivity index (χ3n) is 2.00. The van der Waals surface area contributed by atoms with E-state index in [9.17, 15) is 4.79 Å². The molecule has 0 aliphatic rings. The average Bonchev–Trinajstić information content (AvgIpc) is 2.14. The summed E-state index contributed by atoms with van der Waals surface area (Å²) in [6.07, 6.45) is 4.40. The van der Waals surface area contributed by atoms with Crippen molar-refractivity contribution in [3.05, 3.63) is 0 Å². The number of unbranched alkanes of at least 4 members (excludes halogenated alkanes) is 2. The normalized spacial score (nSPS) is 9.77. The van der Waals surface area contributed by atoms with Crippen LogP contribution >= 0.6 is 0 Å². The summed E-state index contributed by atoms with van der Waals surface area (Å²) in [5.41, 5.74) is 0. The Kier molecular flexibility index (Phi) is 7.45. The molecular weight excluding hydrogens is 164 g/mol. The molecule has 0 unspecified atom stereocenters. The predicted octanol–water partition coefficient (Wildman–Crippen LogP) is 2.23. The lowest BCUT2D eigenvalue weighted by Gasteiger charge is -2.17. The van der Waals surface area contributed by atoms with Crippen LogP contribution in [0.1, 0.15) is 39.5 Å². The molecule has 0 aliphatic carbocycles. The Labute approximate surface area is 81.5 Å². The van der Waals surface area contributed by atoms with Crippen molar-refractivity contribution in [1.29, 1.82) is 0 Å². The molecule has 0 rings (SSSR count). The van der Waals surface area contributed by atoms with E-state index in [-0.39, 0.29) is 6.03 Å². The highest BCUT2D eigenvalue weighted by molar-refractivity contribution is 5.73. The van der Waals surface area contributed by atoms with Gasteiger partial charge in [0.25, 0.3) is 0 Å². The van der Waals surface area contributed by atoms with Gasteiger partial charge >= 0.3 is 6.03 Å². The van der Waals surface area contributed by atoms with Gasteiger partial charge in [-0.05, 0) is 12.8 Å². The lowest BCUT2D eigenvalue weighted by Crippen LogP contribution is -2.38. The van der Waals surface area contributed by atoms with Gasteiger partial charge in [-0.1, -0.05) is 26.7 Å². The molecule has 0 fully saturated rings. The quantitative estimate of drug-likeness (QED) is 0.634. The maximum absolute atomic E-state index is 11.3. The monoisotopic (exact) mass is 186 g/mol. The van der Waals surface area contributed by atoms with Gasteiger partial charge in [0.2, 0.25) is 0 Å². The van der Waals surface area contributed by atoms with Gasteiger partial charge in [-0.15, -0.1) is 0 Å². The van der Waals surface area contributed by atoms with Crippen molar-refractivity contribution in [2.24, 2.45) is 0 Å². The number of hydrogen-bond donors (Lipinski definition) is 1. The number of urea groups is 1. The number of nitrogens with zero attached hydrogens (tertiary/aromatic N) is 1. The number of carbonyl (C=O) groups is 1. The molecule has 0 spiro atoms. The molecule has 0 heterocycles. The van der Waals surface area contributed by atoms with Gasteiger partial charge < -0.3 is 10.2 Å². The summed E-state index contributed by atoms with van der Waals surface area (Å²) in [6, 6.07) is 0.0573. The van der Waals surface area contributed by atoms with Crippen molar-refractivity contribution in [3.8, 4) is 0 Å². The fourth-order valence-corrected chi connectivity index (χ4v) is 1.00. The fraction of sp³-hybridized carbons (Fsp3) is 0.900. The molecule has 0 aromatic rings. The zero-order valence-corrected chi connectivity index (χ0v) is 9.10. The van der Waals surface area contributed by atoms with Gasteiger partial charge in [0.05, 0.1) is 0 Å². The number of carbonyl (C=O) groups excluding carboxylic acids is 1. The Morgan fingerprint density at radius 3 is 2.38 bits per heavy atom. The summed E-state index contributed by atoms with van der Waals surface area (Å²) >= 11 is 0. The second-order valence-corrected chi connectivity index (χ2v) is 3.36. The van der Waals surface area contributed by atoms with E-state index in [1.807, 2.05) is 7.05 Å². The Balaban J connectivity index is 3.45. The zero-order chi connectivity index (χ0) is 10.1. The molecule has 0 radical (unpaired) electrons. The lowest BCUT2D eigenvalue weighted by molar-refractivity contribution is 0.208. The minimum atomic E-state index is 0.0573. The van der Waals surface area contributed by atoms with Crippen LogP contribution in [0.3, 0.4) is 0 Å². The van der Waals surface area contributed by atoms with Crippen LogP contribution in [0.15, 0.2) is 0 Å². The number of rotatable bonds is 6. The molecule has 1 N–H and O–H groups in total. The summed E-state index contributed by atoms with van der Waals surface area (Å²) < 4.78 is 0. The van der Waals surface area contributed by atoms with Crippen LogP contribution in [0.5, 0.6) is 0 Å². The highest BCUT2D eigenvalue weighted by Crippen LogP contribution is 1.92. The van der Waals surface area contributed by atoms with E-state index in [1.165, 1.54) is 0 Å². The molecule has 0 aromatic heterocycles. The Morgan fingerprint density at radius 1 is 1.23 bits per heavy atom. The number of nitrogens with one attached hydrogen (secondary N) is 1. The van der Waals surface area contributed by atoms with Gasteiger partial charge in [-0.3, -0.25) is 0 Å². The largest absolute Gasteiger partial charge is 0.338 e. The Hall–Kier alpha value is -0.730. The lowest BCUT2D eigenvalue weighted by atomic mass is 10.3. The van der Waals surface area contributed by atoms with Gasteiger partial charge in [-0.2, -0.15) is 0 Å². The van der Waals surface area contributed by atoms with Crippen molar-refractivity contribution in [2.75, 3.05) is 20.1 Å². The van der Waals surface area contributed by atoms with Crippen LogP contribution in [0, 0.1) is 0 Å². The van der Waals surface area contributed by atoms with E-state index < -0.39 is 0 Å². The molecule has 3 heteroatoms. The molecule has 0 atom stereocenters. The fourth-order valence-electron chi connectivity index (χ4n) is 1.00. The van der Waals surface area contributed by atoms with Crippen molar-refractivity contribution < 1.29 is 4.79 Å². The maximum atomic E-state index is 11.3. The first-order valence-corrected chi connectivity index (χ1v) is 5.21. The minimum Gasteiger partial charge on any atom is -0.338 e. The topological polar surface area (TPSA) is 32.3 Å². The molecule has 0 saturated heterocycles. The Morgan fingerprint density at radius 2 is 1.85 bits per heavy atom. The van der Waals surface area contributed by atoms with Crippen LogP contribution in [0.25, 0.3) is 0 Å². The molecular formula is C10H22N2O. The first-order valence-electron chi connectivity index (χ1n) is 5.21. The van der Waals surface area contributed by atoms with E-state index in [0.29, 0.717) is 0 Å². The van der Waals surface area contributed by atoms with E-state index in [1.54, 1.807) is 4.90 Å². The maximum Gasteiger partial charge on any atom is 0.317 e. The van der Waals surface area contributed by atoms with Crippen LogP contribution in [0.2, 0.25) is 0 Å². The van der Waals surface area contributed by atoms with E-state index in [4.69, 9.17) is 0 Å². The van der Waals surface area contributed by atoms with E-state index in [0.717, 1.165) is 38.8 Å². The molecule has 2 amide bonds. The molecule has 0 aliphatic heterocycles. The Bertz CT molecular complexity index is 137. The summed E-state index contributed by atoms with van der Waals surface area (Å²) in [7, 11) is 1.84. The molecule has 78 valence electrons. The smallest absolute Gasteiger partial charge is 0.317 e. The van der Waals surface area contributed by atoms with Gasteiger partial charge in [0, 0.05) is 20.1 Å². The number of hydrogen-bond acceptors (Lipinski definition) is 1.